The number of rotatable bonds is 3. The van der Waals surface area contributed by atoms with E-state index in [0.717, 1.165) is 5.56 Å². The van der Waals surface area contributed by atoms with Gasteiger partial charge in [0.2, 0.25) is 0 Å². The van der Waals surface area contributed by atoms with E-state index in [4.69, 9.17) is 34.8 Å². The molecule has 0 nitrogen and oxygen atoms in total. The van der Waals surface area contributed by atoms with Crippen LogP contribution in [0.1, 0.15) is 16.5 Å². The quantitative estimate of drug-likeness (QED) is 0.642. The fourth-order valence-corrected chi connectivity index (χ4v) is 2.62. The summed E-state index contributed by atoms with van der Waals surface area (Å²) in [6, 6.07) is 11.9. The number of benzene rings is 2. The van der Waals surface area contributed by atoms with E-state index in [1.54, 1.807) is 24.3 Å². The van der Waals surface area contributed by atoms with Crippen molar-refractivity contribution in [1.82, 2.24) is 0 Å². The van der Waals surface area contributed by atoms with Crippen molar-refractivity contribution in [2.45, 2.75) is 11.8 Å². The minimum absolute atomic E-state index is 0.343. The summed E-state index contributed by atoms with van der Waals surface area (Å²) in [4.78, 5) is 0. The molecule has 0 aliphatic heterocycles. The molecule has 0 aromatic heterocycles. The molecule has 2 aromatic carbocycles. The number of hydrogen-bond donors (Lipinski definition) is 0. The van der Waals surface area contributed by atoms with Crippen molar-refractivity contribution < 1.29 is 4.39 Å². The summed E-state index contributed by atoms with van der Waals surface area (Å²) in [5.41, 5.74) is 1.33. The number of halogens is 4. The van der Waals surface area contributed by atoms with Gasteiger partial charge in [-0.2, -0.15) is 0 Å². The zero-order valence-electron chi connectivity index (χ0n) is 9.34. The van der Waals surface area contributed by atoms with Crippen molar-refractivity contribution in [2.24, 2.45) is 0 Å². The smallest absolute Gasteiger partial charge is 0.129 e. The van der Waals surface area contributed by atoms with Crippen LogP contribution in [-0.2, 0) is 6.42 Å². The molecule has 0 spiro atoms. The maximum Gasteiger partial charge on any atom is 0.129 e. The first-order valence-electron chi connectivity index (χ1n) is 5.40. The van der Waals surface area contributed by atoms with Crippen LogP contribution in [0, 0.1) is 5.82 Å². The van der Waals surface area contributed by atoms with Crippen LogP contribution < -0.4 is 0 Å². The Morgan fingerprint density at radius 2 is 1.67 bits per heavy atom. The van der Waals surface area contributed by atoms with Gasteiger partial charge in [0.25, 0.3) is 0 Å². The van der Waals surface area contributed by atoms with Crippen molar-refractivity contribution in [3.05, 3.63) is 69.5 Å². The Kier molecular flexibility index (Phi) is 4.50. The van der Waals surface area contributed by atoms with Crippen LogP contribution >= 0.6 is 34.8 Å². The molecule has 18 heavy (non-hydrogen) atoms. The van der Waals surface area contributed by atoms with Crippen LogP contribution in [0.4, 0.5) is 4.39 Å². The fraction of sp³-hybridized carbons (Fsp3) is 0.143. The molecule has 1 unspecified atom stereocenters. The van der Waals surface area contributed by atoms with Gasteiger partial charge in [-0.15, -0.1) is 11.6 Å². The minimum Gasteiger partial charge on any atom is -0.207 e. The van der Waals surface area contributed by atoms with Gasteiger partial charge in [-0.05, 0) is 36.2 Å². The van der Waals surface area contributed by atoms with Crippen LogP contribution in [0.2, 0.25) is 10.0 Å². The highest BCUT2D eigenvalue weighted by atomic mass is 35.5. The monoisotopic (exact) mass is 302 g/mol. The Morgan fingerprint density at radius 3 is 2.28 bits per heavy atom. The van der Waals surface area contributed by atoms with Crippen molar-refractivity contribution in [3.8, 4) is 0 Å². The molecule has 0 aliphatic carbocycles. The first-order chi connectivity index (χ1) is 8.58. The van der Waals surface area contributed by atoms with Gasteiger partial charge in [-0.3, -0.25) is 0 Å². The molecule has 0 aliphatic rings. The van der Waals surface area contributed by atoms with Crippen LogP contribution in [-0.4, -0.2) is 0 Å². The number of alkyl halides is 1. The normalized spacial score (nSPS) is 12.4. The molecule has 0 fully saturated rings. The fourth-order valence-electron chi connectivity index (χ4n) is 1.74. The van der Waals surface area contributed by atoms with Gasteiger partial charge in [0.15, 0.2) is 0 Å². The molecule has 94 valence electrons. The van der Waals surface area contributed by atoms with Gasteiger partial charge in [-0.1, -0.05) is 41.4 Å². The Hall–Kier alpha value is -0.760. The second-order valence-corrected chi connectivity index (χ2v) is 5.30. The molecule has 2 rings (SSSR count). The van der Waals surface area contributed by atoms with Crippen molar-refractivity contribution in [3.63, 3.8) is 0 Å². The third-order valence-corrected chi connectivity index (χ3v) is 3.60. The molecule has 0 N–H and O–H groups in total. The average Bonchev–Trinajstić information content (AvgIpc) is 2.32. The largest absolute Gasteiger partial charge is 0.207 e. The molecule has 0 heterocycles. The predicted molar refractivity (Wildman–Crippen MR) is 75.2 cm³/mol. The molecule has 0 saturated heterocycles. The first kappa shape index (κ1) is 13.7. The Labute approximate surface area is 120 Å². The summed E-state index contributed by atoms with van der Waals surface area (Å²) < 4.78 is 13.7. The summed E-state index contributed by atoms with van der Waals surface area (Å²) in [6.45, 7) is 0. The summed E-state index contributed by atoms with van der Waals surface area (Å²) in [5.74, 6) is -0.378. The van der Waals surface area contributed by atoms with Gasteiger partial charge < -0.3 is 0 Å². The lowest BCUT2D eigenvalue weighted by Gasteiger charge is -2.12. The molecule has 4 heteroatoms. The van der Waals surface area contributed by atoms with Crippen LogP contribution in [0.15, 0.2) is 42.5 Å². The van der Waals surface area contributed by atoms with E-state index in [2.05, 4.69) is 0 Å². The van der Waals surface area contributed by atoms with Crippen molar-refractivity contribution in [2.75, 3.05) is 0 Å². The molecule has 0 saturated carbocycles. The molecule has 2 aromatic rings. The van der Waals surface area contributed by atoms with Gasteiger partial charge >= 0.3 is 0 Å². The topological polar surface area (TPSA) is 0 Å². The molecular formula is C14H10Cl3F. The highest BCUT2D eigenvalue weighted by Crippen LogP contribution is 2.32. The van der Waals surface area contributed by atoms with E-state index in [0.29, 0.717) is 22.0 Å². The lowest BCUT2D eigenvalue weighted by atomic mass is 10.0. The molecular weight excluding hydrogens is 294 g/mol. The van der Waals surface area contributed by atoms with Crippen LogP contribution in [0.3, 0.4) is 0 Å². The Bertz CT molecular complexity index is 517. The Balaban J connectivity index is 2.22. The summed E-state index contributed by atoms with van der Waals surface area (Å²) in [7, 11) is 0. The third kappa shape index (κ3) is 3.17. The van der Waals surface area contributed by atoms with Crippen LogP contribution in [0.5, 0.6) is 0 Å². The zero-order chi connectivity index (χ0) is 13.1. The highest BCUT2D eigenvalue weighted by molar-refractivity contribution is 6.32. The lowest BCUT2D eigenvalue weighted by Crippen LogP contribution is -2.00. The van der Waals surface area contributed by atoms with E-state index in [-0.39, 0.29) is 5.82 Å². The second kappa shape index (κ2) is 5.92. The second-order valence-electron chi connectivity index (χ2n) is 3.93. The minimum atomic E-state index is -0.500. The van der Waals surface area contributed by atoms with E-state index < -0.39 is 5.38 Å². The van der Waals surface area contributed by atoms with Gasteiger partial charge in [-0.25, -0.2) is 4.39 Å². The molecule has 0 amide bonds. The van der Waals surface area contributed by atoms with Crippen molar-refractivity contribution in [1.29, 1.82) is 0 Å². The van der Waals surface area contributed by atoms with Gasteiger partial charge in [0, 0.05) is 15.6 Å². The first-order valence-corrected chi connectivity index (χ1v) is 6.59. The third-order valence-electron chi connectivity index (χ3n) is 2.64. The maximum absolute atomic E-state index is 13.7. The van der Waals surface area contributed by atoms with E-state index in [1.165, 1.54) is 6.07 Å². The Morgan fingerprint density at radius 1 is 1.00 bits per heavy atom. The summed E-state index contributed by atoms with van der Waals surface area (Å²) >= 11 is 18.0. The van der Waals surface area contributed by atoms with Crippen LogP contribution in [0.25, 0.3) is 0 Å². The SMILES string of the molecule is Fc1cccc(Cl)c1C(Cl)Cc1ccc(Cl)cc1. The van der Waals surface area contributed by atoms with E-state index >= 15 is 0 Å². The number of hydrogen-bond acceptors (Lipinski definition) is 0. The molecule has 0 radical (unpaired) electrons. The molecule has 1 atom stereocenters. The standard InChI is InChI=1S/C14H10Cl3F/c15-10-6-4-9(5-7-10)8-12(17)14-11(16)2-1-3-13(14)18/h1-7,12H,8H2. The van der Waals surface area contributed by atoms with Gasteiger partial charge in [0.05, 0.1) is 5.38 Å². The summed E-state index contributed by atoms with van der Waals surface area (Å²) in [6.07, 6.45) is 0.499. The maximum atomic E-state index is 13.7. The highest BCUT2D eigenvalue weighted by Gasteiger charge is 2.17. The van der Waals surface area contributed by atoms with Gasteiger partial charge in [0.1, 0.15) is 5.82 Å². The van der Waals surface area contributed by atoms with Crippen molar-refractivity contribution >= 4 is 34.8 Å². The average molecular weight is 304 g/mol. The zero-order valence-corrected chi connectivity index (χ0v) is 11.6. The molecule has 0 bridgehead atoms. The lowest BCUT2D eigenvalue weighted by molar-refractivity contribution is 0.606. The van der Waals surface area contributed by atoms with E-state index in [1.807, 2.05) is 12.1 Å². The predicted octanol–water partition coefficient (Wildman–Crippen LogP) is 5.66. The van der Waals surface area contributed by atoms with E-state index in [9.17, 15) is 4.39 Å². The summed E-state index contributed by atoms with van der Waals surface area (Å²) in [5, 5.41) is 0.512.